The maximum absolute atomic E-state index is 13.1. The summed E-state index contributed by atoms with van der Waals surface area (Å²) in [4.78, 5) is 14.0. The second kappa shape index (κ2) is 7.64. The number of carbonyl (C=O) groups excluding carboxylic acids is 1. The van der Waals surface area contributed by atoms with E-state index in [1.54, 1.807) is 4.90 Å². The van der Waals surface area contributed by atoms with Crippen LogP contribution in [-0.4, -0.2) is 45.5 Å². The van der Waals surface area contributed by atoms with E-state index in [0.717, 1.165) is 31.5 Å². The summed E-state index contributed by atoms with van der Waals surface area (Å²) in [5.41, 5.74) is 1.72. The Balaban J connectivity index is 1.50. The van der Waals surface area contributed by atoms with E-state index in [0.29, 0.717) is 24.4 Å². The van der Waals surface area contributed by atoms with Gasteiger partial charge in [-0.1, -0.05) is 29.8 Å². The predicted octanol–water partition coefficient (Wildman–Crippen LogP) is 3.09. The fourth-order valence-electron chi connectivity index (χ4n) is 3.64. The van der Waals surface area contributed by atoms with Crippen molar-refractivity contribution in [1.29, 1.82) is 0 Å². The molecule has 1 amide bonds. The van der Waals surface area contributed by atoms with Crippen LogP contribution in [0.5, 0.6) is 5.75 Å². The Morgan fingerprint density at radius 3 is 2.57 bits per heavy atom. The highest BCUT2D eigenvalue weighted by molar-refractivity contribution is 7.92. The molecule has 2 aliphatic rings. The molecule has 8 heteroatoms. The second-order valence-electron chi connectivity index (χ2n) is 6.92. The Kier molecular flexibility index (Phi) is 5.21. The Bertz CT molecular complexity index is 1000. The first kappa shape index (κ1) is 19.1. The lowest BCUT2D eigenvalue weighted by Crippen LogP contribution is -2.32. The molecule has 2 aliphatic heterocycles. The maximum Gasteiger partial charge on any atom is 0.264 e. The second-order valence-corrected chi connectivity index (χ2v) is 9.19. The summed E-state index contributed by atoms with van der Waals surface area (Å²) in [6, 6.07) is 11.8. The smallest absolute Gasteiger partial charge is 0.264 e. The lowest BCUT2D eigenvalue weighted by molar-refractivity contribution is -0.132. The molecule has 0 aromatic heterocycles. The van der Waals surface area contributed by atoms with Crippen molar-refractivity contribution < 1.29 is 17.9 Å². The van der Waals surface area contributed by atoms with Crippen LogP contribution in [0.15, 0.2) is 47.4 Å². The van der Waals surface area contributed by atoms with Crippen LogP contribution < -0.4 is 9.04 Å². The Hall–Kier alpha value is -2.25. The fraction of sp³-hybridized carbons (Fsp3) is 0.350. The van der Waals surface area contributed by atoms with Crippen molar-refractivity contribution in [3.63, 3.8) is 0 Å². The van der Waals surface area contributed by atoms with E-state index >= 15 is 0 Å². The van der Waals surface area contributed by atoms with Crippen LogP contribution in [0.1, 0.15) is 18.4 Å². The van der Waals surface area contributed by atoms with E-state index in [4.69, 9.17) is 16.3 Å². The Labute approximate surface area is 169 Å². The summed E-state index contributed by atoms with van der Waals surface area (Å²) in [7, 11) is -3.72. The van der Waals surface area contributed by atoms with Gasteiger partial charge in [-0.3, -0.25) is 9.10 Å². The molecule has 0 unspecified atom stereocenters. The molecule has 0 radical (unpaired) electrons. The first-order chi connectivity index (χ1) is 13.5. The number of halogens is 1. The third-order valence-corrected chi connectivity index (χ3v) is 7.25. The highest BCUT2D eigenvalue weighted by atomic mass is 35.5. The quantitative estimate of drug-likeness (QED) is 0.745. The van der Waals surface area contributed by atoms with Gasteiger partial charge in [-0.25, -0.2) is 8.42 Å². The van der Waals surface area contributed by atoms with Crippen LogP contribution in [0, 0.1) is 0 Å². The lowest BCUT2D eigenvalue weighted by atomic mass is 10.2. The SMILES string of the molecule is O=C(COc1ccc(S(=O)(=O)N2CCc3ccccc32)cc1Cl)N1CCCC1. The van der Waals surface area contributed by atoms with Gasteiger partial charge in [0.1, 0.15) is 5.75 Å². The summed E-state index contributed by atoms with van der Waals surface area (Å²) in [6.45, 7) is 1.81. The number of fused-ring (bicyclic) bond motifs is 1. The summed E-state index contributed by atoms with van der Waals surface area (Å²) < 4.78 is 33.1. The zero-order valence-corrected chi connectivity index (χ0v) is 16.9. The summed E-state index contributed by atoms with van der Waals surface area (Å²) in [5, 5.41) is 0.169. The molecule has 0 aliphatic carbocycles. The van der Waals surface area contributed by atoms with Crippen LogP contribution in [0.4, 0.5) is 5.69 Å². The minimum atomic E-state index is -3.72. The molecule has 0 N–H and O–H groups in total. The Morgan fingerprint density at radius 2 is 1.82 bits per heavy atom. The summed E-state index contributed by atoms with van der Waals surface area (Å²) >= 11 is 6.25. The Morgan fingerprint density at radius 1 is 1.07 bits per heavy atom. The summed E-state index contributed by atoms with van der Waals surface area (Å²) in [5.74, 6) is 0.217. The topological polar surface area (TPSA) is 66.9 Å². The first-order valence-corrected chi connectivity index (χ1v) is 11.1. The van der Waals surface area contributed by atoms with E-state index < -0.39 is 10.0 Å². The maximum atomic E-state index is 13.1. The molecule has 4 rings (SSSR count). The minimum absolute atomic E-state index is 0.0843. The van der Waals surface area contributed by atoms with E-state index in [-0.39, 0.29) is 22.4 Å². The van der Waals surface area contributed by atoms with E-state index in [1.165, 1.54) is 22.5 Å². The lowest BCUT2D eigenvalue weighted by Gasteiger charge is -2.20. The largest absolute Gasteiger partial charge is 0.482 e. The van der Waals surface area contributed by atoms with Crippen LogP contribution >= 0.6 is 11.6 Å². The normalized spacial score (nSPS) is 16.3. The zero-order chi connectivity index (χ0) is 19.7. The van der Waals surface area contributed by atoms with Gasteiger partial charge in [0.15, 0.2) is 6.61 Å². The van der Waals surface area contributed by atoms with Gasteiger partial charge in [-0.05, 0) is 49.1 Å². The van der Waals surface area contributed by atoms with Gasteiger partial charge in [0, 0.05) is 19.6 Å². The molecule has 0 spiro atoms. The zero-order valence-electron chi connectivity index (χ0n) is 15.3. The summed E-state index contributed by atoms with van der Waals surface area (Å²) in [6.07, 6.45) is 2.71. The van der Waals surface area contributed by atoms with Crippen molar-refractivity contribution in [2.75, 3.05) is 30.5 Å². The van der Waals surface area contributed by atoms with Crippen LogP contribution in [0.2, 0.25) is 5.02 Å². The molecular weight excluding hydrogens is 400 g/mol. The van der Waals surface area contributed by atoms with Crippen molar-refractivity contribution in [2.45, 2.75) is 24.2 Å². The molecule has 0 saturated carbocycles. The number of hydrogen-bond acceptors (Lipinski definition) is 4. The molecule has 6 nitrogen and oxygen atoms in total. The minimum Gasteiger partial charge on any atom is -0.482 e. The fourth-order valence-corrected chi connectivity index (χ4v) is 5.47. The van der Waals surface area contributed by atoms with Crippen molar-refractivity contribution in [1.82, 2.24) is 4.90 Å². The van der Waals surface area contributed by atoms with Gasteiger partial charge < -0.3 is 9.64 Å². The molecule has 1 saturated heterocycles. The van der Waals surface area contributed by atoms with Crippen molar-refractivity contribution in [3.05, 3.63) is 53.1 Å². The molecule has 0 atom stereocenters. The number of hydrogen-bond donors (Lipinski definition) is 0. The van der Waals surface area contributed by atoms with Gasteiger partial charge >= 0.3 is 0 Å². The standard InChI is InChI=1S/C20H21ClN2O4S/c21-17-13-16(7-8-19(17)27-14-20(24)22-10-3-4-11-22)28(25,26)23-12-9-15-5-1-2-6-18(15)23/h1-2,5-8,13H,3-4,9-12,14H2. The van der Waals surface area contributed by atoms with E-state index in [2.05, 4.69) is 0 Å². The van der Waals surface area contributed by atoms with E-state index in [1.807, 2.05) is 24.3 Å². The molecule has 28 heavy (non-hydrogen) atoms. The molecule has 148 valence electrons. The van der Waals surface area contributed by atoms with Gasteiger partial charge in [0.05, 0.1) is 15.6 Å². The van der Waals surface area contributed by atoms with E-state index in [9.17, 15) is 13.2 Å². The number of sulfonamides is 1. The van der Waals surface area contributed by atoms with Crippen LogP contribution in [-0.2, 0) is 21.2 Å². The first-order valence-electron chi connectivity index (χ1n) is 9.27. The number of rotatable bonds is 5. The number of likely N-dealkylation sites (tertiary alicyclic amines) is 1. The van der Waals surface area contributed by atoms with Gasteiger partial charge in [0.25, 0.3) is 15.9 Å². The average molecular weight is 421 g/mol. The number of anilines is 1. The number of amides is 1. The van der Waals surface area contributed by atoms with Gasteiger partial charge in [-0.2, -0.15) is 0 Å². The van der Waals surface area contributed by atoms with Crippen molar-refractivity contribution >= 4 is 33.2 Å². The number of benzene rings is 2. The highest BCUT2D eigenvalue weighted by Gasteiger charge is 2.31. The molecule has 1 fully saturated rings. The molecule has 2 aromatic carbocycles. The third kappa shape index (κ3) is 3.56. The monoisotopic (exact) mass is 420 g/mol. The molecule has 2 aromatic rings. The number of nitrogens with zero attached hydrogens (tertiary/aromatic N) is 2. The average Bonchev–Trinajstić information content (AvgIpc) is 3.36. The molecule has 2 heterocycles. The van der Waals surface area contributed by atoms with Crippen molar-refractivity contribution in [3.8, 4) is 5.75 Å². The number of carbonyl (C=O) groups is 1. The van der Waals surface area contributed by atoms with Gasteiger partial charge in [0.2, 0.25) is 0 Å². The molecule has 0 bridgehead atoms. The van der Waals surface area contributed by atoms with Gasteiger partial charge in [-0.15, -0.1) is 0 Å². The third-order valence-electron chi connectivity index (χ3n) is 5.15. The molecular formula is C20H21ClN2O4S. The highest BCUT2D eigenvalue weighted by Crippen LogP contribution is 2.35. The van der Waals surface area contributed by atoms with Crippen molar-refractivity contribution in [2.24, 2.45) is 0 Å². The van der Waals surface area contributed by atoms with Crippen LogP contribution in [0.25, 0.3) is 0 Å². The number of ether oxygens (including phenoxy) is 1. The predicted molar refractivity (Wildman–Crippen MR) is 107 cm³/mol. The van der Waals surface area contributed by atoms with Crippen LogP contribution in [0.3, 0.4) is 0 Å². The number of para-hydroxylation sites is 1.